The van der Waals surface area contributed by atoms with E-state index >= 15 is 0 Å². The molecule has 0 bridgehead atoms. The highest BCUT2D eigenvalue weighted by molar-refractivity contribution is 5.95. The van der Waals surface area contributed by atoms with Gasteiger partial charge in [-0.1, -0.05) is 0 Å². The lowest BCUT2D eigenvalue weighted by Crippen LogP contribution is -2.40. The van der Waals surface area contributed by atoms with Crippen molar-refractivity contribution in [2.75, 3.05) is 26.3 Å². The van der Waals surface area contributed by atoms with Crippen molar-refractivity contribution >= 4 is 11.9 Å². The molecule has 1 aromatic rings. The molecule has 2 rings (SSSR count). The van der Waals surface area contributed by atoms with E-state index in [-0.39, 0.29) is 17.3 Å². The molecule has 0 radical (unpaired) electrons. The van der Waals surface area contributed by atoms with Crippen molar-refractivity contribution in [3.8, 4) is 0 Å². The second-order valence-electron chi connectivity index (χ2n) is 3.73. The van der Waals surface area contributed by atoms with Gasteiger partial charge < -0.3 is 19.5 Å². The number of ether oxygens (including phenoxy) is 1. The van der Waals surface area contributed by atoms with Gasteiger partial charge in [-0.25, -0.2) is 0 Å². The topological polar surface area (TPSA) is 87.5 Å². The van der Waals surface area contributed by atoms with Crippen LogP contribution in [0.25, 0.3) is 0 Å². The average molecular weight is 238 g/mol. The molecule has 17 heavy (non-hydrogen) atoms. The van der Waals surface area contributed by atoms with Crippen LogP contribution in [0.15, 0.2) is 6.07 Å². The number of aromatic carboxylic acids is 1. The number of aryl methyl sites for hydroxylation is 1. The quantitative estimate of drug-likeness (QED) is 0.610. The summed E-state index contributed by atoms with van der Waals surface area (Å²) in [5.41, 5.74) is 0.00945. The monoisotopic (exact) mass is 238 g/mol. The Labute approximate surface area is 97.6 Å². The molecule has 1 fully saturated rings. The van der Waals surface area contributed by atoms with Gasteiger partial charge in [0.2, 0.25) is 0 Å². The molecule has 7 nitrogen and oxygen atoms in total. The summed E-state index contributed by atoms with van der Waals surface area (Å²) < 4.78 is 6.26. The second-order valence-corrected chi connectivity index (χ2v) is 3.73. The zero-order chi connectivity index (χ0) is 12.4. The highest BCUT2D eigenvalue weighted by Crippen LogP contribution is 2.08. The lowest BCUT2D eigenvalue weighted by Gasteiger charge is -2.25. The van der Waals surface area contributed by atoms with Crippen molar-refractivity contribution in [2.24, 2.45) is 7.05 Å². The lowest BCUT2D eigenvalue weighted by atomic mass is 10.3. The average Bonchev–Trinajstić information content (AvgIpc) is 2.71. The summed E-state index contributed by atoms with van der Waals surface area (Å²) in [5.74, 6) is -1.63. The minimum atomic E-state index is -1.35. The minimum absolute atomic E-state index is 0.110. The van der Waals surface area contributed by atoms with Crippen molar-refractivity contribution < 1.29 is 19.4 Å². The molecule has 1 aliphatic heterocycles. The molecule has 1 amide bonds. The normalized spacial score (nSPS) is 15.9. The molecule has 1 aromatic heterocycles. The molecule has 1 aliphatic rings. The van der Waals surface area contributed by atoms with Gasteiger partial charge in [0.05, 0.1) is 24.9 Å². The van der Waals surface area contributed by atoms with E-state index in [0.29, 0.717) is 26.3 Å². The summed E-state index contributed by atoms with van der Waals surface area (Å²) in [6.45, 7) is 1.98. The lowest BCUT2D eigenvalue weighted by molar-refractivity contribution is -0.255. The molecule has 2 heterocycles. The van der Waals surface area contributed by atoms with Crippen LogP contribution in [0.3, 0.4) is 0 Å². The summed E-state index contributed by atoms with van der Waals surface area (Å²) >= 11 is 0. The van der Waals surface area contributed by atoms with Gasteiger partial charge >= 0.3 is 0 Å². The number of rotatable bonds is 2. The van der Waals surface area contributed by atoms with Crippen LogP contribution >= 0.6 is 0 Å². The molecule has 0 N–H and O–H groups in total. The summed E-state index contributed by atoms with van der Waals surface area (Å²) in [6.07, 6.45) is 0. The third-order valence-electron chi connectivity index (χ3n) is 2.61. The van der Waals surface area contributed by atoms with Crippen molar-refractivity contribution in [3.05, 3.63) is 17.5 Å². The Balaban J connectivity index is 2.19. The predicted octanol–water partition coefficient (Wildman–Crippen LogP) is -1.74. The molecule has 0 unspecified atom stereocenters. The van der Waals surface area contributed by atoms with Gasteiger partial charge in [0, 0.05) is 20.1 Å². The van der Waals surface area contributed by atoms with Crippen LogP contribution in [0.1, 0.15) is 21.0 Å². The fourth-order valence-electron chi connectivity index (χ4n) is 1.69. The van der Waals surface area contributed by atoms with E-state index in [4.69, 9.17) is 4.74 Å². The molecular weight excluding hydrogens is 226 g/mol. The van der Waals surface area contributed by atoms with E-state index in [9.17, 15) is 14.7 Å². The van der Waals surface area contributed by atoms with Crippen molar-refractivity contribution in [1.82, 2.24) is 14.7 Å². The number of carboxylic acids is 1. The first kappa shape index (κ1) is 11.6. The molecule has 0 spiro atoms. The van der Waals surface area contributed by atoms with Gasteiger partial charge in [0.15, 0.2) is 5.69 Å². The number of carbonyl (C=O) groups is 2. The van der Waals surface area contributed by atoms with E-state index in [0.717, 1.165) is 4.68 Å². The largest absolute Gasteiger partial charge is 0.543 e. The van der Waals surface area contributed by atoms with E-state index in [1.54, 1.807) is 4.90 Å². The Hall–Kier alpha value is -1.89. The van der Waals surface area contributed by atoms with Gasteiger partial charge in [0.25, 0.3) is 5.91 Å². The summed E-state index contributed by atoms with van der Waals surface area (Å²) in [5, 5.41) is 14.6. The highest BCUT2D eigenvalue weighted by Gasteiger charge is 2.21. The fourth-order valence-corrected chi connectivity index (χ4v) is 1.69. The Morgan fingerprint density at radius 3 is 2.59 bits per heavy atom. The predicted molar refractivity (Wildman–Crippen MR) is 54.3 cm³/mol. The van der Waals surface area contributed by atoms with Crippen LogP contribution in [0.2, 0.25) is 0 Å². The molecule has 1 saturated heterocycles. The van der Waals surface area contributed by atoms with Crippen molar-refractivity contribution in [3.63, 3.8) is 0 Å². The summed E-state index contributed by atoms with van der Waals surface area (Å²) in [7, 11) is 1.46. The zero-order valence-corrected chi connectivity index (χ0v) is 9.38. The Kier molecular flexibility index (Phi) is 3.10. The van der Waals surface area contributed by atoms with Crippen LogP contribution in [0, 0.1) is 0 Å². The number of amides is 1. The smallest absolute Gasteiger partial charge is 0.274 e. The molecule has 0 aromatic carbocycles. The first-order valence-corrected chi connectivity index (χ1v) is 5.22. The number of morpholine rings is 1. The second kappa shape index (κ2) is 4.54. The fraction of sp³-hybridized carbons (Fsp3) is 0.500. The zero-order valence-electron chi connectivity index (χ0n) is 9.38. The van der Waals surface area contributed by atoms with E-state index < -0.39 is 5.97 Å². The van der Waals surface area contributed by atoms with Crippen molar-refractivity contribution in [2.45, 2.75) is 0 Å². The summed E-state index contributed by atoms with van der Waals surface area (Å²) in [4.78, 5) is 24.3. The molecule has 92 valence electrons. The van der Waals surface area contributed by atoms with Crippen LogP contribution in [0.4, 0.5) is 0 Å². The number of carbonyl (C=O) groups excluding carboxylic acids is 2. The third kappa shape index (κ3) is 2.28. The number of nitrogens with zero attached hydrogens (tertiary/aromatic N) is 3. The first-order valence-electron chi connectivity index (χ1n) is 5.22. The number of aromatic nitrogens is 2. The van der Waals surface area contributed by atoms with Gasteiger partial charge in [-0.05, 0) is 6.07 Å². The Morgan fingerprint density at radius 1 is 1.41 bits per heavy atom. The standard InChI is InChI=1S/C10H13N3O4/c1-12-8(10(15)16)6-7(11-12)9(14)13-2-4-17-5-3-13/h6H,2-5H2,1H3,(H,15,16)/p-1. The number of hydrogen-bond donors (Lipinski definition) is 0. The third-order valence-corrected chi connectivity index (χ3v) is 2.61. The maximum Gasteiger partial charge on any atom is 0.274 e. The minimum Gasteiger partial charge on any atom is -0.543 e. The van der Waals surface area contributed by atoms with Crippen LogP contribution < -0.4 is 5.11 Å². The van der Waals surface area contributed by atoms with Gasteiger partial charge in [-0.3, -0.25) is 9.48 Å². The van der Waals surface area contributed by atoms with Crippen LogP contribution in [-0.4, -0.2) is 52.9 Å². The van der Waals surface area contributed by atoms with Gasteiger partial charge in [-0.2, -0.15) is 5.10 Å². The SMILES string of the molecule is Cn1nc(C(=O)N2CCOCC2)cc1C(=O)[O-]. The number of hydrogen-bond acceptors (Lipinski definition) is 5. The van der Waals surface area contributed by atoms with Crippen LogP contribution in [0.5, 0.6) is 0 Å². The Morgan fingerprint density at radius 2 is 2.06 bits per heavy atom. The van der Waals surface area contributed by atoms with Gasteiger partial charge in [-0.15, -0.1) is 0 Å². The first-order chi connectivity index (χ1) is 8.09. The van der Waals surface area contributed by atoms with E-state index in [2.05, 4.69) is 5.10 Å². The molecule has 7 heteroatoms. The maximum atomic E-state index is 12.0. The van der Waals surface area contributed by atoms with Gasteiger partial charge in [0.1, 0.15) is 0 Å². The molecule has 0 aliphatic carbocycles. The number of carboxylic acid groups (broad SMARTS) is 1. The maximum absolute atomic E-state index is 12.0. The van der Waals surface area contributed by atoms with E-state index in [1.165, 1.54) is 13.1 Å². The van der Waals surface area contributed by atoms with E-state index in [1.807, 2.05) is 0 Å². The molecule has 0 atom stereocenters. The molecular formula is C10H12N3O4-. The van der Waals surface area contributed by atoms with Crippen LogP contribution in [-0.2, 0) is 11.8 Å². The highest BCUT2D eigenvalue weighted by atomic mass is 16.5. The van der Waals surface area contributed by atoms with Crippen molar-refractivity contribution in [1.29, 1.82) is 0 Å². The molecule has 0 saturated carbocycles. The Bertz CT molecular complexity index is 448. The summed E-state index contributed by atoms with van der Waals surface area (Å²) in [6, 6.07) is 1.23.